The van der Waals surface area contributed by atoms with Crippen molar-refractivity contribution in [3.05, 3.63) is 29.6 Å². The van der Waals surface area contributed by atoms with Gasteiger partial charge in [0.05, 0.1) is 28.8 Å². The molecular weight excluding hydrogens is 484 g/mol. The van der Waals surface area contributed by atoms with E-state index in [1.807, 2.05) is 20.8 Å². The maximum Gasteiger partial charge on any atom is 0.247 e. The van der Waals surface area contributed by atoms with Crippen LogP contribution in [0.2, 0.25) is 0 Å². The summed E-state index contributed by atoms with van der Waals surface area (Å²) in [4.78, 5) is 17.2. The fourth-order valence-corrected chi connectivity index (χ4v) is 6.65. The number of nitrogens with one attached hydrogen (secondary N) is 1. The molecule has 11 nitrogen and oxygen atoms in total. The van der Waals surface area contributed by atoms with E-state index in [2.05, 4.69) is 15.5 Å². The van der Waals surface area contributed by atoms with E-state index in [0.29, 0.717) is 23.8 Å². The van der Waals surface area contributed by atoms with Crippen LogP contribution in [0.15, 0.2) is 21.2 Å². The van der Waals surface area contributed by atoms with Crippen molar-refractivity contribution in [1.82, 2.24) is 14.4 Å². The van der Waals surface area contributed by atoms with Crippen LogP contribution in [0.3, 0.4) is 0 Å². The van der Waals surface area contributed by atoms with Gasteiger partial charge in [0.2, 0.25) is 21.8 Å². The second-order valence-corrected chi connectivity index (χ2v) is 14.3. The number of nitrogens with zero attached hydrogens (tertiary/aromatic N) is 3. The lowest BCUT2D eigenvalue weighted by atomic mass is 9.87. The Morgan fingerprint density at radius 3 is 2.32 bits per heavy atom. The topological polar surface area (TPSA) is 153 Å². The van der Waals surface area contributed by atoms with Crippen molar-refractivity contribution >= 4 is 31.7 Å². The standard InChI is InChI=1S/C21H32N4O7S2/c1-7-17-22-13-16(31-17)20(2,3)15-12-18(32-24-15)23-19(26)21(4,5)34(29,30)14-8-10-25(11-9-14)33(6,27)28/h12-14H,7-11H2,1-6H3,(H,23,26). The molecule has 0 spiro atoms. The van der Waals surface area contributed by atoms with Crippen LogP contribution in [-0.2, 0) is 36.5 Å². The summed E-state index contributed by atoms with van der Waals surface area (Å²) in [6.45, 7) is 8.54. The molecular formula is C21H32N4O7S2. The minimum Gasteiger partial charge on any atom is -0.445 e. The number of carbonyl (C=O) groups is 1. The van der Waals surface area contributed by atoms with E-state index < -0.39 is 41.2 Å². The van der Waals surface area contributed by atoms with Crippen LogP contribution in [0.1, 0.15) is 64.8 Å². The maximum absolute atomic E-state index is 13.3. The fraction of sp³-hybridized carbons (Fsp3) is 0.667. The van der Waals surface area contributed by atoms with Crippen molar-refractivity contribution in [1.29, 1.82) is 0 Å². The molecule has 13 heteroatoms. The molecule has 1 amide bonds. The minimum absolute atomic E-state index is 0.0125. The van der Waals surface area contributed by atoms with Crippen LogP contribution in [-0.4, -0.2) is 66.5 Å². The molecule has 2 aromatic heterocycles. The zero-order valence-corrected chi connectivity index (χ0v) is 21.9. The Kier molecular flexibility index (Phi) is 7.04. The van der Waals surface area contributed by atoms with Gasteiger partial charge in [-0.25, -0.2) is 26.1 Å². The Balaban J connectivity index is 1.73. The summed E-state index contributed by atoms with van der Waals surface area (Å²) in [5.41, 5.74) is -0.211. The molecule has 2 aromatic rings. The Bertz CT molecular complexity index is 1250. The summed E-state index contributed by atoms with van der Waals surface area (Å²) < 4.78 is 60.5. The zero-order valence-electron chi connectivity index (χ0n) is 20.3. The van der Waals surface area contributed by atoms with Gasteiger partial charge in [0, 0.05) is 25.6 Å². The van der Waals surface area contributed by atoms with Gasteiger partial charge >= 0.3 is 0 Å². The number of piperidine rings is 1. The number of carbonyl (C=O) groups excluding carboxylic acids is 1. The van der Waals surface area contributed by atoms with Crippen LogP contribution in [0.5, 0.6) is 0 Å². The van der Waals surface area contributed by atoms with Crippen molar-refractivity contribution in [2.45, 2.75) is 69.3 Å². The van der Waals surface area contributed by atoms with Gasteiger partial charge < -0.3 is 8.94 Å². The highest BCUT2D eigenvalue weighted by Gasteiger charge is 2.48. The second-order valence-electron chi connectivity index (χ2n) is 9.54. The molecule has 1 aliphatic heterocycles. The number of hydrogen-bond donors (Lipinski definition) is 1. The van der Waals surface area contributed by atoms with Gasteiger partial charge in [-0.3, -0.25) is 10.1 Å². The Morgan fingerprint density at radius 1 is 1.18 bits per heavy atom. The Hall–Kier alpha value is -2.25. The minimum atomic E-state index is -3.93. The van der Waals surface area contributed by atoms with Crippen molar-refractivity contribution < 1.29 is 30.6 Å². The van der Waals surface area contributed by atoms with E-state index in [9.17, 15) is 21.6 Å². The van der Waals surface area contributed by atoms with Gasteiger partial charge in [0.15, 0.2) is 15.7 Å². The predicted octanol–water partition coefficient (Wildman–Crippen LogP) is 2.11. The van der Waals surface area contributed by atoms with Gasteiger partial charge in [-0.1, -0.05) is 12.1 Å². The largest absolute Gasteiger partial charge is 0.445 e. The molecule has 34 heavy (non-hydrogen) atoms. The molecule has 0 saturated carbocycles. The smallest absolute Gasteiger partial charge is 0.247 e. The lowest BCUT2D eigenvalue weighted by Gasteiger charge is -2.34. The average Bonchev–Trinajstić information content (AvgIpc) is 3.43. The number of aryl methyl sites for hydroxylation is 1. The number of hydrogen-bond acceptors (Lipinski definition) is 9. The van der Waals surface area contributed by atoms with Gasteiger partial charge in [-0.2, -0.15) is 0 Å². The lowest BCUT2D eigenvalue weighted by molar-refractivity contribution is -0.118. The highest BCUT2D eigenvalue weighted by Crippen LogP contribution is 2.34. The van der Waals surface area contributed by atoms with E-state index in [0.717, 1.165) is 6.26 Å². The molecule has 0 radical (unpaired) electrons. The van der Waals surface area contributed by atoms with Crippen molar-refractivity contribution in [2.75, 3.05) is 24.7 Å². The molecule has 1 aliphatic rings. The molecule has 0 atom stereocenters. The SMILES string of the molecule is CCc1ncc(C(C)(C)c2cc(NC(=O)C(C)(C)S(=O)(=O)C3CCN(S(C)(=O)=O)CC3)on2)o1. The van der Waals surface area contributed by atoms with E-state index in [1.165, 1.54) is 24.2 Å². The molecule has 190 valence electrons. The fourth-order valence-electron chi connectivity index (χ4n) is 3.80. The molecule has 3 rings (SSSR count). The average molecular weight is 517 g/mol. The molecule has 1 fully saturated rings. The summed E-state index contributed by atoms with van der Waals surface area (Å²) in [5.74, 6) is 0.429. The zero-order chi connectivity index (χ0) is 25.5. The first-order chi connectivity index (χ1) is 15.6. The molecule has 1 saturated heterocycles. The monoisotopic (exact) mass is 516 g/mol. The summed E-state index contributed by atoms with van der Waals surface area (Å²) in [6, 6.07) is 1.53. The third-order valence-corrected chi connectivity index (χ3v) is 10.7. The van der Waals surface area contributed by atoms with Crippen LogP contribution in [0.25, 0.3) is 0 Å². The number of anilines is 1. The van der Waals surface area contributed by atoms with E-state index in [4.69, 9.17) is 8.94 Å². The van der Waals surface area contributed by atoms with Gasteiger partial charge in [0.1, 0.15) is 10.5 Å². The molecule has 0 bridgehead atoms. The van der Waals surface area contributed by atoms with Crippen molar-refractivity contribution in [2.24, 2.45) is 0 Å². The molecule has 1 N–H and O–H groups in total. The van der Waals surface area contributed by atoms with Crippen molar-refractivity contribution in [3.8, 4) is 0 Å². The van der Waals surface area contributed by atoms with Crippen molar-refractivity contribution in [3.63, 3.8) is 0 Å². The number of amides is 1. The van der Waals surface area contributed by atoms with E-state index in [-0.39, 0.29) is 31.8 Å². The van der Waals surface area contributed by atoms with Crippen LogP contribution in [0.4, 0.5) is 5.88 Å². The number of oxazole rings is 1. The molecule has 3 heterocycles. The highest BCUT2D eigenvalue weighted by atomic mass is 32.2. The highest BCUT2D eigenvalue weighted by molar-refractivity contribution is 7.94. The van der Waals surface area contributed by atoms with E-state index >= 15 is 0 Å². The lowest BCUT2D eigenvalue weighted by Crippen LogP contribution is -2.52. The predicted molar refractivity (Wildman–Crippen MR) is 126 cm³/mol. The van der Waals surface area contributed by atoms with Gasteiger partial charge in [0.25, 0.3) is 0 Å². The second kappa shape index (κ2) is 9.08. The Morgan fingerprint density at radius 2 is 1.79 bits per heavy atom. The number of rotatable bonds is 8. The van der Waals surface area contributed by atoms with Crippen LogP contribution >= 0.6 is 0 Å². The molecule has 0 unspecified atom stereocenters. The van der Waals surface area contributed by atoms with Crippen LogP contribution < -0.4 is 5.32 Å². The summed E-state index contributed by atoms with van der Waals surface area (Å²) in [5, 5.41) is 5.73. The Labute approximate surface area is 200 Å². The summed E-state index contributed by atoms with van der Waals surface area (Å²) >= 11 is 0. The normalized spacial score (nSPS) is 17.1. The van der Waals surface area contributed by atoms with E-state index in [1.54, 1.807) is 6.20 Å². The third kappa shape index (κ3) is 4.91. The van der Waals surface area contributed by atoms with Gasteiger partial charge in [-0.15, -0.1) is 0 Å². The quantitative estimate of drug-likeness (QED) is 0.556. The number of sulfonamides is 1. The number of sulfone groups is 1. The first-order valence-corrected chi connectivity index (χ1v) is 14.4. The molecule has 0 aromatic carbocycles. The number of aromatic nitrogens is 2. The maximum atomic E-state index is 13.3. The molecule has 0 aliphatic carbocycles. The van der Waals surface area contributed by atoms with Crippen LogP contribution in [0, 0.1) is 0 Å². The summed E-state index contributed by atoms with van der Waals surface area (Å²) in [6.07, 6.45) is 3.62. The first kappa shape index (κ1) is 26.4. The summed E-state index contributed by atoms with van der Waals surface area (Å²) in [7, 11) is -7.32. The first-order valence-electron chi connectivity index (χ1n) is 11.0. The third-order valence-electron chi connectivity index (χ3n) is 6.43. The van der Waals surface area contributed by atoms with Gasteiger partial charge in [-0.05, 0) is 40.5 Å².